The Morgan fingerprint density at radius 1 is 1.31 bits per heavy atom. The quantitative estimate of drug-likeness (QED) is 0.384. The van der Waals surface area contributed by atoms with E-state index in [0.29, 0.717) is 6.54 Å². The molecule has 0 bridgehead atoms. The van der Waals surface area contributed by atoms with E-state index < -0.39 is 0 Å². The molecule has 1 atom stereocenters. The lowest BCUT2D eigenvalue weighted by Gasteiger charge is -2.30. The highest BCUT2D eigenvalue weighted by Crippen LogP contribution is 2.14. The summed E-state index contributed by atoms with van der Waals surface area (Å²) in [6.07, 6.45) is 4.65. The third kappa shape index (κ3) is 5.80. The maximum absolute atomic E-state index is 4.66. The minimum atomic E-state index is 0. The number of fused-ring (bicyclic) bond motifs is 1. The van der Waals surface area contributed by atoms with Crippen LogP contribution in [0.15, 0.2) is 29.4 Å². The molecule has 144 valence electrons. The zero-order valence-corrected chi connectivity index (χ0v) is 18.0. The van der Waals surface area contributed by atoms with Crippen molar-refractivity contribution in [3.05, 3.63) is 30.2 Å². The lowest BCUT2D eigenvalue weighted by molar-refractivity contribution is 0.187. The Labute approximate surface area is 172 Å². The van der Waals surface area contributed by atoms with Crippen molar-refractivity contribution in [1.29, 1.82) is 0 Å². The monoisotopic (exact) mass is 471 g/mol. The van der Waals surface area contributed by atoms with Gasteiger partial charge in [0.1, 0.15) is 6.54 Å². The normalized spacial score (nSPS) is 18.5. The lowest BCUT2D eigenvalue weighted by atomic mass is 10.0. The van der Waals surface area contributed by atoms with Crippen LogP contribution >= 0.6 is 24.0 Å². The molecule has 8 heteroatoms. The van der Waals surface area contributed by atoms with E-state index in [1.54, 1.807) is 0 Å². The fourth-order valence-electron chi connectivity index (χ4n) is 3.31. The van der Waals surface area contributed by atoms with Gasteiger partial charge in [0.15, 0.2) is 17.4 Å². The number of pyridine rings is 1. The van der Waals surface area contributed by atoms with Crippen LogP contribution in [0.2, 0.25) is 0 Å². The van der Waals surface area contributed by atoms with Gasteiger partial charge in [-0.25, -0.2) is 4.99 Å². The number of hydrogen-bond donors (Lipinski definition) is 2. The average Bonchev–Trinajstić information content (AvgIpc) is 3.03. The van der Waals surface area contributed by atoms with Crippen molar-refractivity contribution in [3.63, 3.8) is 0 Å². The minimum Gasteiger partial charge on any atom is -0.357 e. The number of likely N-dealkylation sites (tertiary alicyclic amines) is 1. The molecule has 0 amide bonds. The van der Waals surface area contributed by atoms with E-state index in [1.165, 1.54) is 25.9 Å². The Bertz CT molecular complexity index is 700. The summed E-state index contributed by atoms with van der Waals surface area (Å²) in [6.45, 7) is 10.1. The van der Waals surface area contributed by atoms with Gasteiger partial charge in [0.05, 0.1) is 0 Å². The summed E-state index contributed by atoms with van der Waals surface area (Å²) in [5, 5.41) is 15.1. The van der Waals surface area contributed by atoms with Crippen LogP contribution in [0.3, 0.4) is 0 Å². The molecule has 0 radical (unpaired) electrons. The molecule has 3 heterocycles. The first-order valence-corrected chi connectivity index (χ1v) is 9.29. The predicted molar refractivity (Wildman–Crippen MR) is 116 cm³/mol. The van der Waals surface area contributed by atoms with Crippen molar-refractivity contribution in [2.45, 2.75) is 33.2 Å². The highest BCUT2D eigenvalue weighted by Gasteiger charge is 2.15. The maximum atomic E-state index is 4.66. The second kappa shape index (κ2) is 10.7. The summed E-state index contributed by atoms with van der Waals surface area (Å²) in [6, 6.07) is 5.89. The molecule has 1 aliphatic heterocycles. The van der Waals surface area contributed by atoms with Crippen molar-refractivity contribution in [2.24, 2.45) is 10.9 Å². The lowest BCUT2D eigenvalue weighted by Crippen LogP contribution is -2.43. The Hall–Kier alpha value is -1.42. The molecule has 2 N–H and O–H groups in total. The van der Waals surface area contributed by atoms with Crippen LogP contribution in [0.4, 0.5) is 0 Å². The van der Waals surface area contributed by atoms with Crippen molar-refractivity contribution < 1.29 is 0 Å². The molecule has 0 aliphatic carbocycles. The molecule has 0 saturated carbocycles. The molecule has 1 unspecified atom stereocenters. The van der Waals surface area contributed by atoms with Gasteiger partial charge in [-0.05, 0) is 44.4 Å². The zero-order chi connectivity index (χ0) is 17.5. The number of piperidine rings is 1. The smallest absolute Gasteiger partial charge is 0.191 e. The molecule has 2 aromatic heterocycles. The maximum Gasteiger partial charge on any atom is 0.191 e. The van der Waals surface area contributed by atoms with Gasteiger partial charge in [0.2, 0.25) is 0 Å². The minimum absolute atomic E-state index is 0. The molecule has 0 aromatic carbocycles. The first-order chi connectivity index (χ1) is 12.3. The van der Waals surface area contributed by atoms with E-state index in [2.05, 4.69) is 44.6 Å². The van der Waals surface area contributed by atoms with Crippen molar-refractivity contribution in [1.82, 2.24) is 30.1 Å². The molecule has 3 rings (SSSR count). The van der Waals surface area contributed by atoms with Crippen LogP contribution in [-0.2, 0) is 6.54 Å². The largest absolute Gasteiger partial charge is 0.357 e. The van der Waals surface area contributed by atoms with Crippen molar-refractivity contribution >= 4 is 35.6 Å². The number of aliphatic imine (C=N–C) groups is 1. The SMILES string of the molecule is CCNC(=NCc1nnc2ccccn12)NCCN1CCCC(C)C1.I. The van der Waals surface area contributed by atoms with Gasteiger partial charge in [-0.1, -0.05) is 13.0 Å². The first-order valence-electron chi connectivity index (χ1n) is 9.29. The van der Waals surface area contributed by atoms with E-state index in [0.717, 1.165) is 43.0 Å². The van der Waals surface area contributed by atoms with Gasteiger partial charge in [-0.3, -0.25) is 4.40 Å². The van der Waals surface area contributed by atoms with E-state index in [1.807, 2.05) is 28.8 Å². The number of hydrogen-bond acceptors (Lipinski definition) is 4. The average molecular weight is 471 g/mol. The van der Waals surface area contributed by atoms with E-state index >= 15 is 0 Å². The Kier molecular flexibility index (Phi) is 8.56. The second-order valence-corrected chi connectivity index (χ2v) is 6.72. The summed E-state index contributed by atoms with van der Waals surface area (Å²) in [4.78, 5) is 7.19. The summed E-state index contributed by atoms with van der Waals surface area (Å²) in [5.74, 6) is 2.50. The third-order valence-corrected chi connectivity index (χ3v) is 4.57. The second-order valence-electron chi connectivity index (χ2n) is 6.72. The van der Waals surface area contributed by atoms with Crippen LogP contribution in [0.1, 0.15) is 32.5 Å². The molecule has 2 aromatic rings. The van der Waals surface area contributed by atoms with E-state index in [-0.39, 0.29) is 24.0 Å². The zero-order valence-electron chi connectivity index (χ0n) is 15.7. The van der Waals surface area contributed by atoms with Crippen molar-refractivity contribution in [3.8, 4) is 0 Å². The Balaban J connectivity index is 0.00000243. The summed E-state index contributed by atoms with van der Waals surface area (Å²) in [5.41, 5.74) is 0.852. The van der Waals surface area contributed by atoms with Gasteiger partial charge in [-0.15, -0.1) is 34.2 Å². The molecular formula is C18H30IN7. The highest BCUT2D eigenvalue weighted by atomic mass is 127. The fourth-order valence-corrected chi connectivity index (χ4v) is 3.31. The summed E-state index contributed by atoms with van der Waals surface area (Å²) >= 11 is 0. The highest BCUT2D eigenvalue weighted by molar-refractivity contribution is 14.0. The molecule has 1 aliphatic rings. The number of rotatable bonds is 6. The van der Waals surface area contributed by atoms with Gasteiger partial charge >= 0.3 is 0 Å². The third-order valence-electron chi connectivity index (χ3n) is 4.57. The summed E-state index contributed by atoms with van der Waals surface area (Å²) in [7, 11) is 0. The van der Waals surface area contributed by atoms with Crippen LogP contribution in [0.5, 0.6) is 0 Å². The van der Waals surface area contributed by atoms with Crippen LogP contribution < -0.4 is 10.6 Å². The topological polar surface area (TPSA) is 69.8 Å². The number of halogens is 1. The van der Waals surface area contributed by atoms with E-state index in [4.69, 9.17) is 0 Å². The first kappa shape index (κ1) is 20.9. The van der Waals surface area contributed by atoms with Crippen LogP contribution in [0.25, 0.3) is 5.65 Å². The standard InChI is InChI=1S/C18H29N7.HI/c1-3-19-18(20-9-12-24-10-6-7-15(2)14-24)21-13-17-23-22-16-8-4-5-11-25(16)17;/h4-5,8,11,15H,3,6-7,9-10,12-14H2,1-2H3,(H2,19,20,21);1H. The van der Waals surface area contributed by atoms with Crippen LogP contribution in [-0.4, -0.2) is 58.2 Å². The predicted octanol–water partition coefficient (Wildman–Crippen LogP) is 2.13. The molecule has 0 spiro atoms. The molecule has 1 saturated heterocycles. The molecule has 7 nitrogen and oxygen atoms in total. The number of nitrogens with zero attached hydrogens (tertiary/aromatic N) is 5. The van der Waals surface area contributed by atoms with Gasteiger partial charge in [0.25, 0.3) is 0 Å². The van der Waals surface area contributed by atoms with Crippen molar-refractivity contribution in [2.75, 3.05) is 32.7 Å². The fraction of sp³-hybridized carbons (Fsp3) is 0.611. The van der Waals surface area contributed by atoms with Crippen LogP contribution in [0, 0.1) is 5.92 Å². The Morgan fingerprint density at radius 2 is 2.19 bits per heavy atom. The molecule has 26 heavy (non-hydrogen) atoms. The number of nitrogens with one attached hydrogen (secondary N) is 2. The van der Waals surface area contributed by atoms with E-state index in [9.17, 15) is 0 Å². The molecule has 1 fully saturated rings. The Morgan fingerprint density at radius 3 is 3.00 bits per heavy atom. The van der Waals surface area contributed by atoms with Gasteiger partial charge < -0.3 is 15.5 Å². The summed E-state index contributed by atoms with van der Waals surface area (Å²) < 4.78 is 1.97. The number of aromatic nitrogens is 3. The molecular weight excluding hydrogens is 441 g/mol. The number of guanidine groups is 1. The van der Waals surface area contributed by atoms with Gasteiger partial charge in [0, 0.05) is 32.4 Å². The van der Waals surface area contributed by atoms with Gasteiger partial charge in [-0.2, -0.15) is 0 Å².